The zero-order valence-corrected chi connectivity index (χ0v) is 32.1. The minimum absolute atomic E-state index is 0.0879. The summed E-state index contributed by atoms with van der Waals surface area (Å²) < 4.78 is 16.7. The Labute approximate surface area is 322 Å². The van der Waals surface area contributed by atoms with Crippen molar-refractivity contribution in [2.75, 3.05) is 18.4 Å². The van der Waals surface area contributed by atoms with Crippen LogP contribution in [0, 0.1) is 26.6 Å². The van der Waals surface area contributed by atoms with E-state index in [9.17, 15) is 23.6 Å². The Morgan fingerprint density at radius 3 is 2.43 bits per heavy atom. The molecule has 2 aromatic carbocycles. The Morgan fingerprint density at radius 1 is 0.981 bits per heavy atom. The summed E-state index contributed by atoms with van der Waals surface area (Å²) in [6.07, 6.45) is 6.25. The van der Waals surface area contributed by atoms with Gasteiger partial charge in [0.1, 0.15) is 28.7 Å². The average Bonchev–Trinajstić information content (AvgIpc) is 3.62. The lowest BCUT2D eigenvalue weighted by atomic mass is 9.99. The van der Waals surface area contributed by atoms with Crippen molar-refractivity contribution >= 4 is 58.0 Å². The number of hydrogen-bond donors (Lipinski definition) is 4. The lowest BCUT2D eigenvalue weighted by molar-refractivity contribution is -0.134. The van der Waals surface area contributed by atoms with Crippen LogP contribution in [0.3, 0.4) is 0 Å². The molecule has 2 aliphatic rings. The van der Waals surface area contributed by atoms with E-state index in [1.54, 1.807) is 17.4 Å². The number of rotatable bonds is 15. The first-order chi connectivity index (χ1) is 26.0. The number of aryl methyl sites for hydroxylation is 2. The maximum atomic E-state index is 14.7. The van der Waals surface area contributed by atoms with Gasteiger partial charge in [-0.1, -0.05) is 49.4 Å². The molecule has 2 aromatic heterocycles. The van der Waals surface area contributed by atoms with E-state index in [1.165, 1.54) is 17.0 Å². The van der Waals surface area contributed by atoms with E-state index in [0.29, 0.717) is 29.6 Å². The van der Waals surface area contributed by atoms with Crippen molar-refractivity contribution < 1.29 is 23.6 Å². The smallest absolute Gasteiger partial charge is 0.254 e. The molecule has 54 heavy (non-hydrogen) atoms. The highest BCUT2D eigenvalue weighted by Crippen LogP contribution is 2.39. The summed E-state index contributed by atoms with van der Waals surface area (Å²) in [7, 11) is 0. The maximum absolute atomic E-state index is 14.7. The second-order valence-electron chi connectivity index (χ2n) is 13.7. The number of carbonyl (C=O) groups excluding carboxylic acids is 4. The number of imide groups is 1. The highest BCUT2D eigenvalue weighted by molar-refractivity contribution is 7.15. The average molecular weight is 775 g/mol. The molecule has 4 aromatic rings. The summed E-state index contributed by atoms with van der Waals surface area (Å²) >= 11 is 7.89. The maximum Gasteiger partial charge on any atom is 0.254 e. The fourth-order valence-corrected chi connectivity index (χ4v) is 8.01. The molecule has 0 spiro atoms. The predicted molar refractivity (Wildman–Crippen MR) is 207 cm³/mol. The molecule has 0 radical (unpaired) electrons. The molecule has 4 amide bonds. The fourth-order valence-electron chi connectivity index (χ4n) is 6.67. The number of carbonyl (C=O) groups is 4. The van der Waals surface area contributed by atoms with Crippen molar-refractivity contribution in [3.63, 3.8) is 0 Å². The number of aromatic nitrogens is 3. The molecule has 4 N–H and O–H groups in total. The Hall–Kier alpha value is -4.95. The van der Waals surface area contributed by atoms with Crippen LogP contribution in [0.4, 0.5) is 10.1 Å². The molecule has 2 atom stereocenters. The molecule has 1 unspecified atom stereocenters. The number of aliphatic imine (C=N–C) groups is 1. The van der Waals surface area contributed by atoms with E-state index >= 15 is 0 Å². The van der Waals surface area contributed by atoms with E-state index in [-0.39, 0.29) is 36.6 Å². The van der Waals surface area contributed by atoms with Gasteiger partial charge in [0, 0.05) is 46.2 Å². The van der Waals surface area contributed by atoms with Crippen LogP contribution >= 0.6 is 22.9 Å². The molecule has 284 valence electrons. The number of amides is 4. The molecular formula is C39H44ClFN8O4S. The molecule has 0 saturated carbocycles. The highest BCUT2D eigenvalue weighted by atomic mass is 35.5. The molecule has 6 rings (SSSR count). The summed E-state index contributed by atoms with van der Waals surface area (Å²) in [6.45, 7) is 7.35. The van der Waals surface area contributed by atoms with Crippen LogP contribution in [0.1, 0.15) is 107 Å². The van der Waals surface area contributed by atoms with Crippen LogP contribution in [0.25, 0.3) is 5.00 Å². The van der Waals surface area contributed by atoms with Crippen LogP contribution in [0.15, 0.2) is 47.5 Å². The topological polar surface area (TPSA) is 159 Å². The first-order valence-corrected chi connectivity index (χ1v) is 19.5. The van der Waals surface area contributed by atoms with Crippen molar-refractivity contribution in [1.82, 2.24) is 30.7 Å². The van der Waals surface area contributed by atoms with Gasteiger partial charge in [0.25, 0.3) is 5.91 Å². The predicted octanol–water partition coefficient (Wildman–Crippen LogP) is 6.43. The minimum atomic E-state index is -0.868. The van der Waals surface area contributed by atoms with E-state index in [0.717, 1.165) is 71.8 Å². The number of unbranched alkanes of at least 4 members (excludes halogenated alkanes) is 5. The number of nitrogens with one attached hydrogen (secondary N) is 4. The van der Waals surface area contributed by atoms with Gasteiger partial charge in [0.15, 0.2) is 5.82 Å². The molecule has 0 aliphatic carbocycles. The van der Waals surface area contributed by atoms with Crippen LogP contribution in [-0.2, 0) is 14.4 Å². The number of halogens is 2. The Balaban J connectivity index is 0.915. The molecule has 1 saturated heterocycles. The SMILES string of the molecule is Cc1sc2c(c1C)C(c1ccc(Cl)cc1)=N[C@@H](CC(=O)NCCCCCCCCNc1ccc(C(=O)NC3CCC(=O)NC3=O)c(F)c1)c1nnc(C)n1-2. The van der Waals surface area contributed by atoms with Gasteiger partial charge in [-0.25, -0.2) is 4.39 Å². The lowest BCUT2D eigenvalue weighted by Gasteiger charge is -2.22. The largest absolute Gasteiger partial charge is 0.385 e. The van der Waals surface area contributed by atoms with Gasteiger partial charge in [-0.15, -0.1) is 21.5 Å². The van der Waals surface area contributed by atoms with E-state index in [4.69, 9.17) is 16.6 Å². The highest BCUT2D eigenvalue weighted by Gasteiger charge is 2.33. The first-order valence-electron chi connectivity index (χ1n) is 18.3. The Bertz CT molecular complexity index is 2080. The Morgan fingerprint density at radius 2 is 1.70 bits per heavy atom. The lowest BCUT2D eigenvalue weighted by Crippen LogP contribution is -2.52. The minimum Gasteiger partial charge on any atom is -0.385 e. The van der Waals surface area contributed by atoms with Gasteiger partial charge in [0.05, 0.1) is 17.7 Å². The quantitative estimate of drug-likeness (QED) is 0.0800. The Kier molecular flexibility index (Phi) is 12.5. The number of thiophene rings is 1. The van der Waals surface area contributed by atoms with E-state index < -0.39 is 29.7 Å². The second kappa shape index (κ2) is 17.5. The third-order valence-electron chi connectivity index (χ3n) is 9.75. The van der Waals surface area contributed by atoms with E-state index in [1.807, 2.05) is 35.8 Å². The van der Waals surface area contributed by atoms with Crippen molar-refractivity contribution in [3.05, 3.63) is 92.1 Å². The number of fused-ring (bicyclic) bond motifs is 3. The normalized spacial score (nSPS) is 16.5. The molecule has 15 heteroatoms. The van der Waals surface area contributed by atoms with E-state index in [2.05, 4.69) is 45.3 Å². The number of nitrogens with zero attached hydrogens (tertiary/aromatic N) is 4. The molecule has 2 aliphatic heterocycles. The monoisotopic (exact) mass is 774 g/mol. The summed E-state index contributed by atoms with van der Waals surface area (Å²) in [5.41, 5.74) is 4.32. The molecule has 4 heterocycles. The summed E-state index contributed by atoms with van der Waals surface area (Å²) in [5.74, 6) is -1.05. The van der Waals surface area contributed by atoms with Crippen LogP contribution in [-0.4, -0.2) is 63.2 Å². The standard InChI is InChI=1S/C39H44ClFN8O4S/c1-22-23(2)54-39-34(22)35(25-10-12-26(40)13-11-25)44-31(36-48-47-24(3)49(36)39)21-33(51)43-19-9-7-5-4-6-8-18-42-27-14-15-28(29(41)20-27)37(52)45-30-16-17-32(50)46-38(30)53/h10-15,20,30-31,42H,4-9,16-19,21H2,1-3H3,(H,43,51)(H,45,52)(H,46,50,53)/t30?,31-/m0/s1. The third-order valence-corrected chi connectivity index (χ3v) is 11.2. The summed E-state index contributed by atoms with van der Waals surface area (Å²) in [6, 6.07) is 10.5. The van der Waals surface area contributed by atoms with Crippen molar-refractivity contribution in [2.24, 2.45) is 4.99 Å². The van der Waals surface area contributed by atoms with Gasteiger partial charge in [-0.3, -0.25) is 34.1 Å². The number of anilines is 1. The summed E-state index contributed by atoms with van der Waals surface area (Å²) in [4.78, 5) is 55.3. The van der Waals surface area contributed by atoms with Crippen molar-refractivity contribution in [2.45, 2.75) is 90.6 Å². The van der Waals surface area contributed by atoms with Crippen LogP contribution in [0.5, 0.6) is 0 Å². The molecule has 1 fully saturated rings. The zero-order valence-electron chi connectivity index (χ0n) is 30.6. The molecular weight excluding hydrogens is 731 g/mol. The zero-order chi connectivity index (χ0) is 38.4. The molecule has 0 bridgehead atoms. The second-order valence-corrected chi connectivity index (χ2v) is 15.3. The van der Waals surface area contributed by atoms with Gasteiger partial charge < -0.3 is 16.0 Å². The van der Waals surface area contributed by atoms with Gasteiger partial charge in [0.2, 0.25) is 17.7 Å². The number of benzene rings is 2. The van der Waals surface area contributed by atoms with Crippen LogP contribution < -0.4 is 21.3 Å². The number of hydrogen-bond acceptors (Lipinski definition) is 9. The van der Waals surface area contributed by atoms with Gasteiger partial charge >= 0.3 is 0 Å². The van der Waals surface area contributed by atoms with Crippen molar-refractivity contribution in [1.29, 1.82) is 0 Å². The third kappa shape index (κ3) is 9.04. The first kappa shape index (κ1) is 38.8. The van der Waals surface area contributed by atoms with Crippen LogP contribution in [0.2, 0.25) is 5.02 Å². The summed E-state index contributed by atoms with van der Waals surface area (Å²) in [5, 5.41) is 21.4. The number of piperidine rings is 1. The molecule has 12 nitrogen and oxygen atoms in total. The van der Waals surface area contributed by atoms with Crippen molar-refractivity contribution in [3.8, 4) is 5.00 Å². The van der Waals surface area contributed by atoms with Gasteiger partial charge in [-0.05, 0) is 75.9 Å². The fraction of sp³-hybridized carbons (Fsp3) is 0.410. The van der Waals surface area contributed by atoms with Gasteiger partial charge in [-0.2, -0.15) is 0 Å².